The van der Waals surface area contributed by atoms with E-state index in [4.69, 9.17) is 23.2 Å². The largest absolute Gasteiger partial charge is 0.506 e. The molecule has 0 aromatic heterocycles. The van der Waals surface area contributed by atoms with Gasteiger partial charge in [0.25, 0.3) is 0 Å². The summed E-state index contributed by atoms with van der Waals surface area (Å²) < 4.78 is 28.4. The Bertz CT molecular complexity index is 272. The van der Waals surface area contributed by atoms with Gasteiger partial charge in [-0.1, -0.05) is 0 Å². The van der Waals surface area contributed by atoms with Crippen molar-refractivity contribution in [1.29, 1.82) is 0 Å². The summed E-state index contributed by atoms with van der Waals surface area (Å²) in [6.45, 7) is 0. The molecule has 6 nitrogen and oxygen atoms in total. The first kappa shape index (κ1) is 12.5. The summed E-state index contributed by atoms with van der Waals surface area (Å²) >= 11 is 9.85. The monoisotopic (exact) mass is 250 g/mol. The van der Waals surface area contributed by atoms with Crippen LogP contribution in [-0.4, -0.2) is 32.1 Å². The number of carbonyl (C=O) groups is 2. The van der Waals surface area contributed by atoms with Gasteiger partial charge in [-0.05, 0) is 0 Å². The van der Waals surface area contributed by atoms with Gasteiger partial charge < -0.3 is 8.37 Å². The smallest absolute Gasteiger partial charge is 0.315 e. The molecule has 0 unspecified atom stereocenters. The Kier molecular flexibility index (Phi) is 5.04. The fourth-order valence-corrected chi connectivity index (χ4v) is 1.13. The molecule has 0 aromatic rings. The van der Waals surface area contributed by atoms with E-state index in [1.54, 1.807) is 0 Å². The molecular weight excluding hydrogens is 247 g/mol. The average molecular weight is 251 g/mol. The standard InChI is InChI=1S/C4H4Cl2O6S/c5-1-3(7)11-13(9,10)12-4(8)2-6/h1-2H2. The van der Waals surface area contributed by atoms with E-state index in [2.05, 4.69) is 8.37 Å². The molecule has 0 aliphatic carbocycles. The molecule has 0 heterocycles. The quantitative estimate of drug-likeness (QED) is 0.643. The van der Waals surface area contributed by atoms with E-state index in [0.717, 1.165) is 0 Å². The van der Waals surface area contributed by atoms with Crippen LogP contribution in [-0.2, 0) is 28.4 Å². The van der Waals surface area contributed by atoms with Gasteiger partial charge >= 0.3 is 22.3 Å². The van der Waals surface area contributed by atoms with E-state index in [1.165, 1.54) is 0 Å². The first-order chi connectivity index (χ1) is 5.91. The van der Waals surface area contributed by atoms with Gasteiger partial charge in [0.1, 0.15) is 11.8 Å². The Morgan fingerprint density at radius 2 is 1.31 bits per heavy atom. The van der Waals surface area contributed by atoms with Crippen molar-refractivity contribution in [1.82, 2.24) is 0 Å². The molecule has 0 spiro atoms. The van der Waals surface area contributed by atoms with Gasteiger partial charge in [0.15, 0.2) is 0 Å². The van der Waals surface area contributed by atoms with E-state index < -0.39 is 34.1 Å². The van der Waals surface area contributed by atoms with Crippen LogP contribution in [0, 0.1) is 0 Å². The molecule has 76 valence electrons. The highest BCUT2D eigenvalue weighted by Gasteiger charge is 2.21. The topological polar surface area (TPSA) is 86.7 Å². The van der Waals surface area contributed by atoms with Gasteiger partial charge in [-0.2, -0.15) is 0 Å². The Hall–Kier alpha value is -0.530. The first-order valence-electron chi connectivity index (χ1n) is 2.72. The van der Waals surface area contributed by atoms with Gasteiger partial charge in [0.2, 0.25) is 0 Å². The number of carbonyl (C=O) groups excluding carboxylic acids is 2. The summed E-state index contributed by atoms with van der Waals surface area (Å²) in [4.78, 5) is 20.7. The number of alkyl halides is 2. The minimum Gasteiger partial charge on any atom is -0.315 e. The second kappa shape index (κ2) is 5.25. The normalized spacial score (nSPS) is 10.6. The Morgan fingerprint density at radius 1 is 1.00 bits per heavy atom. The molecule has 9 heteroatoms. The molecule has 0 amide bonds. The van der Waals surface area contributed by atoms with Crippen LogP contribution >= 0.6 is 23.2 Å². The van der Waals surface area contributed by atoms with Crippen LogP contribution in [0.2, 0.25) is 0 Å². The van der Waals surface area contributed by atoms with Gasteiger partial charge in [0.05, 0.1) is 0 Å². The molecule has 0 fully saturated rings. The number of hydrogen-bond donors (Lipinski definition) is 0. The lowest BCUT2D eigenvalue weighted by Crippen LogP contribution is -2.20. The highest BCUT2D eigenvalue weighted by molar-refractivity contribution is 7.82. The molecule has 0 radical (unpaired) electrons. The highest BCUT2D eigenvalue weighted by Crippen LogP contribution is 1.99. The second-order valence-electron chi connectivity index (χ2n) is 1.59. The van der Waals surface area contributed by atoms with Crippen LogP contribution in [0.3, 0.4) is 0 Å². The average Bonchev–Trinajstić information content (AvgIpc) is 2.02. The molecule has 0 aliphatic rings. The third-order valence-corrected chi connectivity index (χ3v) is 1.82. The summed E-state index contributed by atoms with van der Waals surface area (Å²) in [5.74, 6) is -3.83. The van der Waals surface area contributed by atoms with Crippen molar-refractivity contribution >= 4 is 45.5 Å². The summed E-state index contributed by atoms with van der Waals surface area (Å²) in [6, 6.07) is 0. The molecule has 0 aromatic carbocycles. The van der Waals surface area contributed by atoms with Crippen LogP contribution < -0.4 is 0 Å². The maximum Gasteiger partial charge on any atom is 0.506 e. The predicted molar refractivity (Wildman–Crippen MR) is 42.5 cm³/mol. The van der Waals surface area contributed by atoms with Gasteiger partial charge in [-0.15, -0.1) is 31.6 Å². The Balaban J connectivity index is 4.26. The molecule has 0 bridgehead atoms. The lowest BCUT2D eigenvalue weighted by Gasteiger charge is -2.01. The lowest BCUT2D eigenvalue weighted by molar-refractivity contribution is -0.134. The Morgan fingerprint density at radius 3 is 1.54 bits per heavy atom. The molecule has 0 saturated carbocycles. The van der Waals surface area contributed by atoms with Gasteiger partial charge in [-0.25, -0.2) is 9.59 Å². The maximum absolute atomic E-state index is 10.6. The third kappa shape index (κ3) is 5.67. The summed E-state index contributed by atoms with van der Waals surface area (Å²) in [7, 11) is -4.67. The van der Waals surface area contributed by atoms with E-state index in [9.17, 15) is 18.0 Å². The molecule has 0 aliphatic heterocycles. The number of hydrogen-bond acceptors (Lipinski definition) is 6. The van der Waals surface area contributed by atoms with Crippen molar-refractivity contribution in [3.05, 3.63) is 0 Å². The lowest BCUT2D eigenvalue weighted by atomic mass is 10.8. The third-order valence-electron chi connectivity index (χ3n) is 0.608. The number of rotatable bonds is 4. The van der Waals surface area contributed by atoms with Gasteiger partial charge in [-0.3, -0.25) is 0 Å². The van der Waals surface area contributed by atoms with Crippen LogP contribution in [0.5, 0.6) is 0 Å². The van der Waals surface area contributed by atoms with Crippen LogP contribution in [0.25, 0.3) is 0 Å². The molecule has 0 rings (SSSR count). The van der Waals surface area contributed by atoms with Crippen LogP contribution in [0.15, 0.2) is 0 Å². The molecule has 0 saturated heterocycles. The molecule has 0 atom stereocenters. The number of halogens is 2. The maximum atomic E-state index is 10.6. The predicted octanol–water partition coefficient (Wildman–Crippen LogP) is -0.205. The van der Waals surface area contributed by atoms with Crippen LogP contribution in [0.1, 0.15) is 0 Å². The second-order valence-corrected chi connectivity index (χ2v) is 3.27. The minimum atomic E-state index is -4.67. The van der Waals surface area contributed by atoms with Crippen molar-refractivity contribution in [3.8, 4) is 0 Å². The Labute approximate surface area is 84.0 Å². The zero-order valence-electron chi connectivity index (χ0n) is 6.03. The SMILES string of the molecule is O=C(CCl)OS(=O)(=O)OC(=O)CCl. The van der Waals surface area contributed by atoms with E-state index in [1.807, 2.05) is 0 Å². The fraction of sp³-hybridized carbons (Fsp3) is 0.500. The van der Waals surface area contributed by atoms with Crippen LogP contribution in [0.4, 0.5) is 0 Å². The van der Waals surface area contributed by atoms with Gasteiger partial charge in [0, 0.05) is 0 Å². The summed E-state index contributed by atoms with van der Waals surface area (Å²) in [5.41, 5.74) is 0. The van der Waals surface area contributed by atoms with Crippen molar-refractivity contribution in [2.24, 2.45) is 0 Å². The molecule has 13 heavy (non-hydrogen) atoms. The summed E-state index contributed by atoms with van der Waals surface area (Å²) in [6.07, 6.45) is 0. The summed E-state index contributed by atoms with van der Waals surface area (Å²) in [5, 5.41) is 0. The van der Waals surface area contributed by atoms with Crippen molar-refractivity contribution in [2.45, 2.75) is 0 Å². The van der Waals surface area contributed by atoms with E-state index in [0.29, 0.717) is 0 Å². The first-order valence-corrected chi connectivity index (χ1v) is 5.13. The zero-order chi connectivity index (χ0) is 10.5. The molecule has 0 N–H and O–H groups in total. The van der Waals surface area contributed by atoms with E-state index in [-0.39, 0.29) is 0 Å². The van der Waals surface area contributed by atoms with E-state index >= 15 is 0 Å². The fourth-order valence-electron chi connectivity index (χ4n) is 0.289. The van der Waals surface area contributed by atoms with Crippen molar-refractivity contribution in [3.63, 3.8) is 0 Å². The van der Waals surface area contributed by atoms with Crippen molar-refractivity contribution in [2.75, 3.05) is 11.8 Å². The zero-order valence-corrected chi connectivity index (χ0v) is 8.36. The molecular formula is C4H4Cl2O6S. The van der Waals surface area contributed by atoms with Crippen molar-refractivity contribution < 1.29 is 26.4 Å². The highest BCUT2D eigenvalue weighted by atomic mass is 35.5. The minimum absolute atomic E-state index is 0.669.